The molecule has 1 fully saturated rings. The highest BCUT2D eigenvalue weighted by Gasteiger charge is 2.26. The number of nitrogens with one attached hydrogen (secondary N) is 1. The summed E-state index contributed by atoms with van der Waals surface area (Å²) in [5.74, 6) is 2.10. The van der Waals surface area contributed by atoms with E-state index in [0.717, 1.165) is 36.6 Å². The molecule has 1 saturated carbocycles. The number of hydrogen-bond acceptors (Lipinski definition) is 2. The number of hydrogen-bond donors (Lipinski definition) is 1. The van der Waals surface area contributed by atoms with Crippen LogP contribution < -0.4 is 10.1 Å². The minimum absolute atomic E-state index is 0.0978. The normalized spacial score (nSPS) is 27.4. The van der Waals surface area contributed by atoms with Crippen molar-refractivity contribution in [2.24, 2.45) is 11.8 Å². The minimum Gasteiger partial charge on any atom is -0.490 e. The van der Waals surface area contributed by atoms with Crippen LogP contribution >= 0.6 is 0 Å². The zero-order valence-electron chi connectivity index (χ0n) is 13.7. The van der Waals surface area contributed by atoms with Gasteiger partial charge in [-0.05, 0) is 62.8 Å². The van der Waals surface area contributed by atoms with E-state index in [4.69, 9.17) is 4.74 Å². The van der Waals surface area contributed by atoms with E-state index in [1.165, 1.54) is 12.5 Å². The second kappa shape index (κ2) is 7.26. The molecular formula is C18H28FNO. The van der Waals surface area contributed by atoms with Crippen molar-refractivity contribution < 1.29 is 9.13 Å². The van der Waals surface area contributed by atoms with E-state index in [1.54, 1.807) is 12.1 Å². The highest BCUT2D eigenvalue weighted by Crippen LogP contribution is 2.34. The molecule has 0 bridgehead atoms. The third kappa shape index (κ3) is 4.19. The predicted molar refractivity (Wildman–Crippen MR) is 85.1 cm³/mol. The molecule has 0 heterocycles. The summed E-state index contributed by atoms with van der Waals surface area (Å²) in [7, 11) is 0. The monoisotopic (exact) mass is 293 g/mol. The molecule has 1 aromatic rings. The molecule has 0 spiro atoms. The molecule has 0 radical (unpaired) electrons. The fraction of sp³-hybridized carbons (Fsp3) is 0.667. The van der Waals surface area contributed by atoms with Gasteiger partial charge in [0.25, 0.3) is 0 Å². The minimum atomic E-state index is -0.201. The van der Waals surface area contributed by atoms with Gasteiger partial charge in [0, 0.05) is 11.6 Å². The highest BCUT2D eigenvalue weighted by molar-refractivity contribution is 5.36. The van der Waals surface area contributed by atoms with Crippen molar-refractivity contribution in [3.05, 3.63) is 29.6 Å². The smallest absolute Gasteiger partial charge is 0.124 e. The van der Waals surface area contributed by atoms with E-state index in [2.05, 4.69) is 33.0 Å². The molecule has 118 valence electrons. The fourth-order valence-electron chi connectivity index (χ4n) is 3.17. The van der Waals surface area contributed by atoms with E-state index in [9.17, 15) is 4.39 Å². The quantitative estimate of drug-likeness (QED) is 0.849. The van der Waals surface area contributed by atoms with Gasteiger partial charge in [-0.1, -0.05) is 20.8 Å². The number of rotatable bonds is 5. The first-order chi connectivity index (χ1) is 10.0. The maximum Gasteiger partial charge on any atom is 0.124 e. The molecule has 2 rings (SSSR count). The van der Waals surface area contributed by atoms with Gasteiger partial charge in [0.1, 0.15) is 11.6 Å². The summed E-state index contributed by atoms with van der Waals surface area (Å²) in [5.41, 5.74) is 0.920. The molecular weight excluding hydrogens is 265 g/mol. The molecule has 21 heavy (non-hydrogen) atoms. The van der Waals surface area contributed by atoms with Gasteiger partial charge in [-0.15, -0.1) is 0 Å². The first kappa shape index (κ1) is 16.3. The zero-order valence-corrected chi connectivity index (χ0v) is 13.7. The molecule has 2 nitrogen and oxygen atoms in total. The number of benzene rings is 1. The molecule has 1 aliphatic carbocycles. The fourth-order valence-corrected chi connectivity index (χ4v) is 3.17. The van der Waals surface area contributed by atoms with Crippen molar-refractivity contribution in [3.8, 4) is 5.75 Å². The first-order valence-electron chi connectivity index (χ1n) is 8.20. The van der Waals surface area contributed by atoms with Crippen molar-refractivity contribution in [3.63, 3.8) is 0 Å². The van der Waals surface area contributed by atoms with E-state index in [0.29, 0.717) is 5.92 Å². The van der Waals surface area contributed by atoms with Gasteiger partial charge in [-0.3, -0.25) is 0 Å². The van der Waals surface area contributed by atoms with E-state index in [1.807, 2.05) is 0 Å². The Morgan fingerprint density at radius 2 is 2.05 bits per heavy atom. The van der Waals surface area contributed by atoms with Gasteiger partial charge in [-0.25, -0.2) is 4.39 Å². The Bertz CT molecular complexity index is 463. The Hall–Kier alpha value is -1.09. The van der Waals surface area contributed by atoms with Crippen molar-refractivity contribution >= 4 is 0 Å². The van der Waals surface area contributed by atoms with Crippen LogP contribution in [0.2, 0.25) is 0 Å². The van der Waals surface area contributed by atoms with Crippen LogP contribution in [-0.4, -0.2) is 12.6 Å². The van der Waals surface area contributed by atoms with Gasteiger partial charge < -0.3 is 10.1 Å². The summed E-state index contributed by atoms with van der Waals surface area (Å²) < 4.78 is 19.8. The SMILES string of the molecule is CCNC(C)c1cc(F)ccc1OC1CCC(C)C(C)C1. The molecule has 1 N–H and O–H groups in total. The maximum absolute atomic E-state index is 13.6. The average Bonchev–Trinajstić information content (AvgIpc) is 2.45. The van der Waals surface area contributed by atoms with Crippen molar-refractivity contribution in [1.82, 2.24) is 5.32 Å². The third-order valence-corrected chi connectivity index (χ3v) is 4.79. The Kier molecular flexibility index (Phi) is 5.63. The molecule has 0 aliphatic heterocycles. The lowest BCUT2D eigenvalue weighted by molar-refractivity contribution is 0.0991. The van der Waals surface area contributed by atoms with Crippen LogP contribution in [0.25, 0.3) is 0 Å². The molecule has 0 saturated heterocycles. The van der Waals surface area contributed by atoms with Crippen molar-refractivity contribution in [2.75, 3.05) is 6.54 Å². The second-order valence-electron chi connectivity index (χ2n) is 6.47. The van der Waals surface area contributed by atoms with Crippen molar-refractivity contribution in [2.45, 2.75) is 59.1 Å². The second-order valence-corrected chi connectivity index (χ2v) is 6.47. The predicted octanol–water partition coefficient (Wildman–Crippen LogP) is 4.70. The topological polar surface area (TPSA) is 21.3 Å². The third-order valence-electron chi connectivity index (χ3n) is 4.79. The van der Waals surface area contributed by atoms with Crippen LogP contribution in [0.1, 0.15) is 58.6 Å². The lowest BCUT2D eigenvalue weighted by atomic mass is 9.80. The van der Waals surface area contributed by atoms with Crippen molar-refractivity contribution in [1.29, 1.82) is 0 Å². The molecule has 1 aliphatic rings. The van der Waals surface area contributed by atoms with Gasteiger partial charge in [-0.2, -0.15) is 0 Å². The maximum atomic E-state index is 13.6. The van der Waals surface area contributed by atoms with E-state index in [-0.39, 0.29) is 18.0 Å². The Balaban J connectivity index is 2.12. The zero-order chi connectivity index (χ0) is 15.4. The van der Waals surface area contributed by atoms with Crippen LogP contribution in [0.4, 0.5) is 4.39 Å². The summed E-state index contributed by atoms with van der Waals surface area (Å²) in [4.78, 5) is 0. The van der Waals surface area contributed by atoms with Crippen LogP contribution in [0.15, 0.2) is 18.2 Å². The van der Waals surface area contributed by atoms with E-state index < -0.39 is 0 Å². The Morgan fingerprint density at radius 1 is 1.29 bits per heavy atom. The summed E-state index contributed by atoms with van der Waals surface area (Å²) >= 11 is 0. The van der Waals surface area contributed by atoms with Gasteiger partial charge in [0.05, 0.1) is 6.10 Å². The average molecular weight is 293 g/mol. The van der Waals surface area contributed by atoms with Gasteiger partial charge >= 0.3 is 0 Å². The van der Waals surface area contributed by atoms with Crippen LogP contribution in [0.5, 0.6) is 5.75 Å². The summed E-state index contributed by atoms with van der Waals surface area (Å²) in [6.07, 6.45) is 3.66. The summed E-state index contributed by atoms with van der Waals surface area (Å²) in [6, 6.07) is 4.96. The highest BCUT2D eigenvalue weighted by atomic mass is 19.1. The molecule has 1 aromatic carbocycles. The molecule has 4 atom stereocenters. The number of ether oxygens (including phenoxy) is 1. The lowest BCUT2D eigenvalue weighted by Crippen LogP contribution is -2.29. The standard InChI is InChI=1S/C18H28FNO/c1-5-20-14(4)17-11-15(19)7-9-18(17)21-16-8-6-12(2)13(3)10-16/h7,9,11-14,16,20H,5-6,8,10H2,1-4H3. The van der Waals surface area contributed by atoms with Crippen LogP contribution in [0.3, 0.4) is 0 Å². The molecule has 0 aromatic heterocycles. The van der Waals surface area contributed by atoms with Crippen LogP contribution in [0, 0.1) is 17.7 Å². The first-order valence-corrected chi connectivity index (χ1v) is 8.20. The molecule has 3 heteroatoms. The largest absolute Gasteiger partial charge is 0.490 e. The van der Waals surface area contributed by atoms with Gasteiger partial charge in [0.2, 0.25) is 0 Å². The van der Waals surface area contributed by atoms with Crippen LogP contribution in [-0.2, 0) is 0 Å². The molecule has 4 unspecified atom stereocenters. The lowest BCUT2D eigenvalue weighted by Gasteiger charge is -2.33. The Labute approximate surface area is 128 Å². The summed E-state index contributed by atoms with van der Waals surface area (Å²) in [6.45, 7) is 9.58. The molecule has 0 amide bonds. The van der Waals surface area contributed by atoms with E-state index >= 15 is 0 Å². The summed E-state index contributed by atoms with van der Waals surface area (Å²) in [5, 5.41) is 3.34. The van der Waals surface area contributed by atoms with Gasteiger partial charge in [0.15, 0.2) is 0 Å². The Morgan fingerprint density at radius 3 is 2.71 bits per heavy atom. The number of halogens is 1.